The van der Waals surface area contributed by atoms with Crippen molar-refractivity contribution in [3.63, 3.8) is 0 Å². The SMILES string of the molecule is Cc1cc(C)c(N2C=CN(c3[c-]c(Oc4[c-]c5c(cc4)c4ccccc4n5-c4nncn4-c4c(C)cc(C(C)(C)C)cc4C)ccc3)C2)cc1C.[CH3-].[Pt]. The van der Waals surface area contributed by atoms with E-state index in [1.165, 1.54) is 39.1 Å². The number of hydrogen-bond acceptors (Lipinski definition) is 5. The van der Waals surface area contributed by atoms with Crippen molar-refractivity contribution in [3.05, 3.63) is 151 Å². The second-order valence-corrected chi connectivity index (χ2v) is 14.8. The Kier molecular flexibility index (Phi) is 10.2. The fourth-order valence-corrected chi connectivity index (χ4v) is 7.22. The number of aromatic nitrogens is 4. The molecule has 5 aromatic carbocycles. The van der Waals surface area contributed by atoms with Gasteiger partial charge in [0.2, 0.25) is 5.95 Å². The van der Waals surface area contributed by atoms with Crippen LogP contribution in [0.2, 0.25) is 0 Å². The summed E-state index contributed by atoms with van der Waals surface area (Å²) in [7, 11) is 0. The van der Waals surface area contributed by atoms with Gasteiger partial charge in [-0.25, -0.2) is 0 Å². The molecule has 274 valence electrons. The van der Waals surface area contributed by atoms with Crippen molar-refractivity contribution >= 4 is 33.2 Å². The van der Waals surface area contributed by atoms with Crippen molar-refractivity contribution < 1.29 is 25.8 Å². The van der Waals surface area contributed by atoms with Gasteiger partial charge in [0.1, 0.15) is 6.33 Å². The molecule has 8 rings (SSSR count). The number of hydrogen-bond donors (Lipinski definition) is 0. The average molecular weight is 881 g/mol. The van der Waals surface area contributed by atoms with E-state index >= 15 is 0 Å². The molecule has 0 saturated carbocycles. The van der Waals surface area contributed by atoms with Crippen LogP contribution in [0.1, 0.15) is 54.2 Å². The van der Waals surface area contributed by atoms with E-state index in [0.717, 1.165) is 33.2 Å². The predicted octanol–water partition coefficient (Wildman–Crippen LogP) is 10.8. The van der Waals surface area contributed by atoms with Crippen LogP contribution in [0.15, 0.2) is 97.6 Å². The van der Waals surface area contributed by atoms with Gasteiger partial charge in [0.15, 0.2) is 0 Å². The van der Waals surface area contributed by atoms with E-state index in [-0.39, 0.29) is 33.9 Å². The zero-order valence-electron chi connectivity index (χ0n) is 31.9. The van der Waals surface area contributed by atoms with Gasteiger partial charge in [-0.15, -0.1) is 45.9 Å². The van der Waals surface area contributed by atoms with E-state index in [0.29, 0.717) is 24.1 Å². The summed E-state index contributed by atoms with van der Waals surface area (Å²) < 4.78 is 10.7. The summed E-state index contributed by atoms with van der Waals surface area (Å²) >= 11 is 0. The molecule has 0 spiro atoms. The maximum Gasteiger partial charge on any atom is 0.238 e. The third-order valence-electron chi connectivity index (χ3n) is 10.0. The molecule has 53 heavy (non-hydrogen) atoms. The van der Waals surface area contributed by atoms with Gasteiger partial charge in [-0.1, -0.05) is 68.4 Å². The van der Waals surface area contributed by atoms with Gasteiger partial charge in [-0.2, -0.15) is 12.1 Å². The van der Waals surface area contributed by atoms with Gasteiger partial charge in [0.05, 0.1) is 12.4 Å². The molecule has 0 fully saturated rings. The summed E-state index contributed by atoms with van der Waals surface area (Å²) in [4.78, 5) is 4.45. The summed E-state index contributed by atoms with van der Waals surface area (Å²) in [5.41, 5.74) is 12.7. The zero-order chi connectivity index (χ0) is 35.6. The monoisotopic (exact) mass is 880 g/mol. The molecule has 1 aliphatic heterocycles. The number of rotatable bonds is 6. The average Bonchev–Trinajstić information content (AvgIpc) is 3.84. The van der Waals surface area contributed by atoms with Crippen LogP contribution in [0.5, 0.6) is 11.5 Å². The Bertz CT molecular complexity index is 2480. The summed E-state index contributed by atoms with van der Waals surface area (Å²) in [5.74, 6) is 1.91. The number of ether oxygens (including phenoxy) is 1. The van der Waals surface area contributed by atoms with Crippen LogP contribution in [-0.4, -0.2) is 26.0 Å². The van der Waals surface area contributed by atoms with Gasteiger partial charge in [-0.3, -0.25) is 4.57 Å². The molecule has 0 saturated heterocycles. The molecule has 0 bridgehead atoms. The number of fused-ring (bicyclic) bond motifs is 3. The van der Waals surface area contributed by atoms with Crippen LogP contribution < -0.4 is 14.5 Å². The molecule has 1 aliphatic rings. The van der Waals surface area contributed by atoms with Gasteiger partial charge in [0.25, 0.3) is 0 Å². The van der Waals surface area contributed by atoms with E-state index in [9.17, 15) is 0 Å². The molecular formula is C45H45N6OPt-3. The van der Waals surface area contributed by atoms with Gasteiger partial charge in [0, 0.05) is 56.2 Å². The minimum absolute atomic E-state index is 0. The maximum absolute atomic E-state index is 6.48. The quantitative estimate of drug-likeness (QED) is 0.156. The Morgan fingerprint density at radius 1 is 0.698 bits per heavy atom. The summed E-state index contributed by atoms with van der Waals surface area (Å²) in [6.45, 7) is 18.3. The molecule has 0 amide bonds. The number of anilines is 2. The molecule has 0 N–H and O–H groups in total. The molecule has 7 nitrogen and oxygen atoms in total. The van der Waals surface area contributed by atoms with Gasteiger partial charge < -0.3 is 26.5 Å². The molecule has 2 aromatic heterocycles. The summed E-state index contributed by atoms with van der Waals surface area (Å²) in [6, 6.07) is 34.6. The Labute approximate surface area is 327 Å². The Morgan fingerprint density at radius 3 is 2.15 bits per heavy atom. The first-order valence-corrected chi connectivity index (χ1v) is 17.4. The first-order chi connectivity index (χ1) is 24.5. The second-order valence-electron chi connectivity index (χ2n) is 14.8. The van der Waals surface area contributed by atoms with Crippen molar-refractivity contribution in [2.45, 2.75) is 60.8 Å². The number of aryl methyl sites for hydroxylation is 5. The Balaban J connectivity index is 0.00000240. The minimum atomic E-state index is 0. The van der Waals surface area contributed by atoms with Crippen molar-refractivity contribution in [3.8, 4) is 23.1 Å². The molecule has 0 atom stereocenters. The van der Waals surface area contributed by atoms with E-state index in [1.807, 2.05) is 18.2 Å². The predicted molar refractivity (Wildman–Crippen MR) is 214 cm³/mol. The Morgan fingerprint density at radius 2 is 1.40 bits per heavy atom. The second kappa shape index (κ2) is 14.4. The van der Waals surface area contributed by atoms with Crippen molar-refractivity contribution in [1.29, 1.82) is 0 Å². The summed E-state index contributed by atoms with van der Waals surface area (Å²) in [6.07, 6.45) is 6.02. The van der Waals surface area contributed by atoms with Crippen LogP contribution in [0, 0.1) is 54.2 Å². The molecule has 0 radical (unpaired) electrons. The van der Waals surface area contributed by atoms with Crippen LogP contribution in [0.4, 0.5) is 11.4 Å². The smallest absolute Gasteiger partial charge is 0.238 e. The van der Waals surface area contributed by atoms with Crippen molar-refractivity contribution in [2.75, 3.05) is 16.5 Å². The van der Waals surface area contributed by atoms with Gasteiger partial charge >= 0.3 is 0 Å². The molecule has 8 heteroatoms. The third-order valence-corrected chi connectivity index (χ3v) is 10.0. The van der Waals surface area contributed by atoms with E-state index < -0.39 is 0 Å². The minimum Gasteiger partial charge on any atom is -0.509 e. The van der Waals surface area contributed by atoms with Crippen molar-refractivity contribution in [1.82, 2.24) is 19.3 Å². The van der Waals surface area contributed by atoms with E-state index in [4.69, 9.17) is 9.84 Å². The van der Waals surface area contributed by atoms with Crippen LogP contribution in [0.25, 0.3) is 33.4 Å². The largest absolute Gasteiger partial charge is 0.509 e. The molecule has 7 aromatic rings. The van der Waals surface area contributed by atoms with Gasteiger partial charge in [-0.05, 0) is 90.9 Å². The topological polar surface area (TPSA) is 51.4 Å². The first kappa shape index (κ1) is 37.6. The molecule has 0 unspecified atom stereocenters. The standard InChI is InChI=1S/C44H42N6O.CH3.Pt/c1-28-20-30(3)40(23-29(28)2)48-19-18-47(27-48)34-12-11-13-35(24-34)51-36-16-17-38-37-14-9-10-15-39(37)50(41(38)25-36)43-46-45-26-49(43)42-31(4)21-33(22-32(42)5)44(6,7)8;;/h9-23,26H,27H2,1-8H3;1H3;/q-2;-1;. The summed E-state index contributed by atoms with van der Waals surface area (Å²) in [5, 5.41) is 11.3. The molecular weight excluding hydrogens is 836 g/mol. The fourth-order valence-electron chi connectivity index (χ4n) is 7.22. The van der Waals surface area contributed by atoms with Crippen LogP contribution in [-0.2, 0) is 26.5 Å². The Hall–Kier alpha value is -5.13. The van der Waals surface area contributed by atoms with Crippen LogP contribution in [0.3, 0.4) is 0 Å². The first-order valence-electron chi connectivity index (χ1n) is 17.4. The molecule has 3 heterocycles. The number of nitrogens with zero attached hydrogens (tertiary/aromatic N) is 6. The van der Waals surface area contributed by atoms with Crippen LogP contribution >= 0.6 is 0 Å². The number of benzene rings is 5. The number of para-hydroxylation sites is 1. The molecule has 0 aliphatic carbocycles. The third kappa shape index (κ3) is 6.79. The zero-order valence-corrected chi connectivity index (χ0v) is 34.1. The normalized spacial score (nSPS) is 12.8. The van der Waals surface area contributed by atoms with Crippen molar-refractivity contribution in [2.24, 2.45) is 0 Å². The fraction of sp³-hybridized carbons (Fsp3) is 0.222. The van der Waals surface area contributed by atoms with E-state index in [2.05, 4.69) is 165 Å². The maximum atomic E-state index is 6.48. The van der Waals surface area contributed by atoms with E-state index in [1.54, 1.807) is 6.33 Å².